The minimum atomic E-state index is -3.57. The second kappa shape index (κ2) is 4.52. The van der Waals surface area contributed by atoms with Gasteiger partial charge in [0.25, 0.3) is 10.1 Å². The quantitative estimate of drug-likeness (QED) is 0.722. The van der Waals surface area contributed by atoms with Crippen LogP contribution in [0.15, 0.2) is 30.3 Å². The van der Waals surface area contributed by atoms with Gasteiger partial charge in [0.1, 0.15) is 12.8 Å². The second-order valence-corrected chi connectivity index (χ2v) is 4.51. The summed E-state index contributed by atoms with van der Waals surface area (Å²) in [6.07, 6.45) is -0.518. The fourth-order valence-corrected chi connectivity index (χ4v) is 1.31. The van der Waals surface area contributed by atoms with Gasteiger partial charge in [-0.1, -0.05) is 30.3 Å². The molecule has 0 fully saturated rings. The fraction of sp³-hybridized carbons (Fsp3) is 0.333. The van der Waals surface area contributed by atoms with Gasteiger partial charge in [0.2, 0.25) is 0 Å². The molecular formula is C9H11FO3S. The molecule has 0 aliphatic heterocycles. The highest BCUT2D eigenvalue weighted by molar-refractivity contribution is 7.85. The Morgan fingerprint density at radius 3 is 2.43 bits per heavy atom. The van der Waals surface area contributed by atoms with E-state index in [1.807, 2.05) is 0 Å². The first-order valence-corrected chi connectivity index (χ1v) is 5.84. The Labute approximate surface area is 82.6 Å². The minimum Gasteiger partial charge on any atom is -0.267 e. The Kier molecular flexibility index (Phi) is 3.60. The Hall–Kier alpha value is -0.940. The van der Waals surface area contributed by atoms with Crippen molar-refractivity contribution in [1.82, 2.24) is 0 Å². The minimum absolute atomic E-state index is 0.413. The lowest BCUT2D eigenvalue weighted by Crippen LogP contribution is -2.08. The van der Waals surface area contributed by atoms with Crippen LogP contribution in [0.3, 0.4) is 0 Å². The molecule has 3 nitrogen and oxygen atoms in total. The molecule has 1 atom stereocenters. The fourth-order valence-electron chi connectivity index (χ4n) is 0.941. The van der Waals surface area contributed by atoms with Crippen molar-refractivity contribution >= 4 is 10.1 Å². The highest BCUT2D eigenvalue weighted by atomic mass is 32.2. The third-order valence-corrected chi connectivity index (χ3v) is 2.15. The standard InChI is InChI=1S/C9H11FO3S/c1-14(11,12)13-7-9(10)8-5-3-2-4-6-8/h2-6,9H,7H2,1H3. The number of hydrogen-bond donors (Lipinski definition) is 0. The normalized spacial score (nSPS) is 13.9. The molecule has 0 saturated carbocycles. The van der Waals surface area contributed by atoms with E-state index < -0.39 is 22.9 Å². The number of halogens is 1. The predicted octanol–water partition coefficient (Wildman–Crippen LogP) is 1.67. The van der Waals surface area contributed by atoms with E-state index in [0.29, 0.717) is 5.56 Å². The van der Waals surface area contributed by atoms with Gasteiger partial charge in [-0.05, 0) is 5.56 Å². The van der Waals surface area contributed by atoms with Crippen LogP contribution in [0.25, 0.3) is 0 Å². The largest absolute Gasteiger partial charge is 0.267 e. The van der Waals surface area contributed by atoms with E-state index >= 15 is 0 Å². The molecule has 0 radical (unpaired) electrons. The first-order chi connectivity index (χ1) is 6.49. The zero-order valence-electron chi connectivity index (χ0n) is 7.68. The van der Waals surface area contributed by atoms with Gasteiger partial charge in [-0.25, -0.2) is 4.39 Å². The summed E-state index contributed by atoms with van der Waals surface area (Å²) >= 11 is 0. The average Bonchev–Trinajstić information content (AvgIpc) is 2.14. The summed E-state index contributed by atoms with van der Waals surface area (Å²) in [5.74, 6) is 0. The lowest BCUT2D eigenvalue weighted by molar-refractivity contribution is 0.204. The maximum absolute atomic E-state index is 13.3. The Morgan fingerprint density at radius 2 is 1.93 bits per heavy atom. The van der Waals surface area contributed by atoms with Gasteiger partial charge in [0.05, 0.1) is 6.26 Å². The lowest BCUT2D eigenvalue weighted by Gasteiger charge is -2.07. The summed E-state index contributed by atoms with van der Waals surface area (Å²) < 4.78 is 38.8. The molecule has 0 heterocycles. The van der Waals surface area contributed by atoms with Gasteiger partial charge in [-0.15, -0.1) is 0 Å². The molecule has 78 valence electrons. The molecule has 0 aromatic heterocycles. The summed E-state index contributed by atoms with van der Waals surface area (Å²) in [5, 5.41) is 0. The molecule has 0 saturated heterocycles. The van der Waals surface area contributed by atoms with E-state index in [0.717, 1.165) is 6.26 Å². The van der Waals surface area contributed by atoms with E-state index in [1.54, 1.807) is 30.3 Å². The van der Waals surface area contributed by atoms with E-state index in [2.05, 4.69) is 4.18 Å². The van der Waals surface area contributed by atoms with Crippen LogP contribution in [0.1, 0.15) is 11.7 Å². The average molecular weight is 218 g/mol. The summed E-state index contributed by atoms with van der Waals surface area (Å²) in [4.78, 5) is 0. The van der Waals surface area contributed by atoms with E-state index in [4.69, 9.17) is 0 Å². The molecule has 0 bridgehead atoms. The zero-order valence-corrected chi connectivity index (χ0v) is 8.50. The van der Waals surface area contributed by atoms with Crippen LogP contribution in [-0.2, 0) is 14.3 Å². The second-order valence-electron chi connectivity index (χ2n) is 2.87. The van der Waals surface area contributed by atoms with Gasteiger partial charge in [0.15, 0.2) is 0 Å². The van der Waals surface area contributed by atoms with Crippen molar-refractivity contribution in [3.8, 4) is 0 Å². The highest BCUT2D eigenvalue weighted by Crippen LogP contribution is 2.17. The van der Waals surface area contributed by atoms with Gasteiger partial charge < -0.3 is 0 Å². The SMILES string of the molecule is CS(=O)(=O)OCC(F)c1ccccc1. The van der Waals surface area contributed by atoms with Crippen molar-refractivity contribution in [2.45, 2.75) is 6.17 Å². The van der Waals surface area contributed by atoms with E-state index in [-0.39, 0.29) is 0 Å². The monoisotopic (exact) mass is 218 g/mol. The highest BCUT2D eigenvalue weighted by Gasteiger charge is 2.12. The van der Waals surface area contributed by atoms with Crippen LogP contribution in [0.5, 0.6) is 0 Å². The summed E-state index contributed by atoms with van der Waals surface area (Å²) in [6, 6.07) is 8.28. The van der Waals surface area contributed by atoms with Crippen molar-refractivity contribution in [2.24, 2.45) is 0 Å². The Balaban J connectivity index is 2.56. The molecule has 1 aromatic rings. The van der Waals surface area contributed by atoms with E-state index in [9.17, 15) is 12.8 Å². The van der Waals surface area contributed by atoms with Gasteiger partial charge in [-0.3, -0.25) is 4.18 Å². The molecule has 0 amide bonds. The maximum atomic E-state index is 13.3. The smallest absolute Gasteiger partial charge is 0.264 e. The van der Waals surface area contributed by atoms with Gasteiger partial charge in [-0.2, -0.15) is 8.42 Å². The van der Waals surface area contributed by atoms with Crippen LogP contribution in [0.2, 0.25) is 0 Å². The predicted molar refractivity (Wildman–Crippen MR) is 51.1 cm³/mol. The molecular weight excluding hydrogens is 207 g/mol. The molecule has 0 spiro atoms. The first-order valence-electron chi connectivity index (χ1n) is 4.02. The van der Waals surface area contributed by atoms with Crippen molar-refractivity contribution in [3.63, 3.8) is 0 Å². The third kappa shape index (κ3) is 3.85. The number of alkyl halides is 1. The van der Waals surface area contributed by atoms with Crippen molar-refractivity contribution in [1.29, 1.82) is 0 Å². The molecule has 1 aromatic carbocycles. The van der Waals surface area contributed by atoms with Crippen molar-refractivity contribution in [3.05, 3.63) is 35.9 Å². The van der Waals surface area contributed by atoms with Gasteiger partial charge in [0, 0.05) is 0 Å². The maximum Gasteiger partial charge on any atom is 0.264 e. The molecule has 0 aliphatic carbocycles. The van der Waals surface area contributed by atoms with Crippen LogP contribution >= 0.6 is 0 Å². The Morgan fingerprint density at radius 1 is 1.36 bits per heavy atom. The van der Waals surface area contributed by atoms with Crippen LogP contribution in [-0.4, -0.2) is 21.3 Å². The topological polar surface area (TPSA) is 43.4 Å². The van der Waals surface area contributed by atoms with Crippen LogP contribution < -0.4 is 0 Å². The summed E-state index contributed by atoms with van der Waals surface area (Å²) in [6.45, 7) is -0.469. The third-order valence-electron chi connectivity index (χ3n) is 1.59. The molecule has 0 aliphatic rings. The summed E-state index contributed by atoms with van der Waals surface area (Å²) in [5.41, 5.74) is 0.413. The molecule has 1 unspecified atom stereocenters. The zero-order chi connectivity index (χ0) is 10.6. The lowest BCUT2D eigenvalue weighted by atomic mass is 10.1. The van der Waals surface area contributed by atoms with E-state index in [1.165, 1.54) is 0 Å². The first kappa shape index (κ1) is 11.1. The van der Waals surface area contributed by atoms with Crippen LogP contribution in [0, 0.1) is 0 Å². The number of hydrogen-bond acceptors (Lipinski definition) is 3. The summed E-state index contributed by atoms with van der Waals surface area (Å²) in [7, 11) is -3.57. The molecule has 14 heavy (non-hydrogen) atoms. The van der Waals surface area contributed by atoms with Crippen LogP contribution in [0.4, 0.5) is 4.39 Å². The van der Waals surface area contributed by atoms with Gasteiger partial charge >= 0.3 is 0 Å². The molecule has 5 heteroatoms. The number of rotatable bonds is 4. The van der Waals surface area contributed by atoms with Crippen molar-refractivity contribution < 1.29 is 17.0 Å². The van der Waals surface area contributed by atoms with Crippen molar-refractivity contribution in [2.75, 3.05) is 12.9 Å². The Bertz CT molecular complexity index is 374. The molecule has 0 N–H and O–H groups in total. The molecule has 1 rings (SSSR count). The number of benzene rings is 1.